The van der Waals surface area contributed by atoms with Crippen LogP contribution in [-0.2, 0) is 11.3 Å². The van der Waals surface area contributed by atoms with Gasteiger partial charge in [0.2, 0.25) is 5.91 Å². The molecule has 2 aliphatic rings. The number of ether oxygens (including phenoxy) is 1. The van der Waals surface area contributed by atoms with Crippen LogP contribution in [0.25, 0.3) is 0 Å². The molecule has 6 nitrogen and oxygen atoms in total. The Morgan fingerprint density at radius 2 is 2.07 bits per heavy atom. The lowest BCUT2D eigenvalue weighted by Gasteiger charge is -2.25. The van der Waals surface area contributed by atoms with Crippen LogP contribution in [0.2, 0.25) is 0 Å². The van der Waals surface area contributed by atoms with Crippen LogP contribution in [0.15, 0.2) is 23.2 Å². The molecule has 3 unspecified atom stereocenters. The molecule has 6 heteroatoms. The molecule has 0 aliphatic heterocycles. The molecule has 148 valence electrons. The van der Waals surface area contributed by atoms with Crippen molar-refractivity contribution >= 4 is 11.9 Å². The fourth-order valence-corrected chi connectivity index (χ4v) is 4.27. The van der Waals surface area contributed by atoms with Crippen LogP contribution in [0.1, 0.15) is 36.8 Å². The molecule has 0 saturated heterocycles. The Balaban J connectivity index is 1.68. The van der Waals surface area contributed by atoms with Crippen LogP contribution in [0.3, 0.4) is 0 Å². The van der Waals surface area contributed by atoms with Crippen LogP contribution in [-0.4, -0.2) is 50.6 Å². The van der Waals surface area contributed by atoms with Gasteiger partial charge in [0, 0.05) is 20.1 Å². The van der Waals surface area contributed by atoms with E-state index in [4.69, 9.17) is 9.73 Å². The molecular formula is C21H32N4O2. The van der Waals surface area contributed by atoms with Crippen LogP contribution in [0.4, 0.5) is 0 Å². The summed E-state index contributed by atoms with van der Waals surface area (Å²) in [5.41, 5.74) is 2.25. The van der Waals surface area contributed by atoms with Gasteiger partial charge in [0.25, 0.3) is 0 Å². The molecular weight excluding hydrogens is 340 g/mol. The molecule has 2 fully saturated rings. The molecule has 2 saturated carbocycles. The predicted molar refractivity (Wildman–Crippen MR) is 108 cm³/mol. The van der Waals surface area contributed by atoms with Gasteiger partial charge in [-0.25, -0.2) is 4.99 Å². The van der Waals surface area contributed by atoms with Crippen LogP contribution >= 0.6 is 0 Å². The SMILES string of the molecule is COc1cc(C)cc(CN=C(NCC(=O)N(C)C)NC2CC3CCC2C3)c1. The zero-order valence-electron chi connectivity index (χ0n) is 16.9. The standard InChI is InChI=1S/C21H32N4O2/c1-14-7-16(10-18(8-14)27-4)12-22-21(23-13-20(26)25(2)3)24-19-11-15-5-6-17(19)9-15/h7-8,10,15,17,19H,5-6,9,11-13H2,1-4H3,(H2,22,23,24). The second-order valence-corrected chi connectivity index (χ2v) is 8.09. The first kappa shape index (κ1) is 19.5. The van der Waals surface area contributed by atoms with E-state index in [0.717, 1.165) is 34.7 Å². The van der Waals surface area contributed by atoms with E-state index in [0.29, 0.717) is 12.6 Å². The number of hydrogen-bond acceptors (Lipinski definition) is 3. The first-order chi connectivity index (χ1) is 12.9. The minimum atomic E-state index is 0.0367. The summed E-state index contributed by atoms with van der Waals surface area (Å²) in [6.07, 6.45) is 5.22. The Morgan fingerprint density at radius 3 is 2.70 bits per heavy atom. The van der Waals surface area contributed by atoms with E-state index in [-0.39, 0.29) is 12.5 Å². The van der Waals surface area contributed by atoms with Gasteiger partial charge in [-0.1, -0.05) is 12.5 Å². The van der Waals surface area contributed by atoms with Gasteiger partial charge in [0.15, 0.2) is 5.96 Å². The first-order valence-electron chi connectivity index (χ1n) is 9.84. The molecule has 2 aliphatic carbocycles. The van der Waals surface area contributed by atoms with Gasteiger partial charge in [0.05, 0.1) is 20.2 Å². The van der Waals surface area contributed by atoms with Crippen molar-refractivity contribution in [2.45, 2.75) is 45.2 Å². The zero-order chi connectivity index (χ0) is 19.4. The molecule has 0 radical (unpaired) electrons. The number of hydrogen-bond donors (Lipinski definition) is 2. The van der Waals surface area contributed by atoms with E-state index < -0.39 is 0 Å². The van der Waals surface area contributed by atoms with Gasteiger partial charge < -0.3 is 20.3 Å². The van der Waals surface area contributed by atoms with Gasteiger partial charge in [0.1, 0.15) is 5.75 Å². The molecule has 0 aromatic heterocycles. The summed E-state index contributed by atoms with van der Waals surface area (Å²) in [4.78, 5) is 18.3. The molecule has 3 atom stereocenters. The van der Waals surface area contributed by atoms with Gasteiger partial charge >= 0.3 is 0 Å². The minimum absolute atomic E-state index is 0.0367. The Bertz CT molecular complexity index is 701. The molecule has 3 rings (SSSR count). The fraction of sp³-hybridized carbons (Fsp3) is 0.619. The van der Waals surface area contributed by atoms with Gasteiger partial charge in [-0.3, -0.25) is 4.79 Å². The molecule has 0 spiro atoms. The van der Waals surface area contributed by atoms with E-state index in [9.17, 15) is 4.79 Å². The summed E-state index contributed by atoms with van der Waals surface area (Å²) in [6, 6.07) is 6.61. The van der Waals surface area contributed by atoms with Crippen LogP contribution in [0.5, 0.6) is 5.75 Å². The number of fused-ring (bicyclic) bond motifs is 2. The number of methoxy groups -OCH3 is 1. The molecule has 27 heavy (non-hydrogen) atoms. The van der Waals surface area contributed by atoms with E-state index >= 15 is 0 Å². The number of carbonyl (C=O) groups excluding carboxylic acids is 1. The van der Waals surface area contributed by atoms with E-state index in [1.807, 2.05) is 12.1 Å². The lowest BCUT2D eigenvalue weighted by atomic mass is 9.95. The third-order valence-corrected chi connectivity index (χ3v) is 5.73. The Kier molecular flexibility index (Phi) is 6.24. The van der Waals surface area contributed by atoms with E-state index in [1.54, 1.807) is 26.1 Å². The highest BCUT2D eigenvalue weighted by atomic mass is 16.5. The summed E-state index contributed by atoms with van der Waals surface area (Å²) in [5.74, 6) is 3.21. The Labute approximate surface area is 162 Å². The van der Waals surface area contributed by atoms with Crippen molar-refractivity contribution in [2.75, 3.05) is 27.7 Å². The van der Waals surface area contributed by atoms with Crippen molar-refractivity contribution in [3.8, 4) is 5.75 Å². The van der Waals surface area contributed by atoms with Crippen molar-refractivity contribution in [1.29, 1.82) is 0 Å². The maximum atomic E-state index is 12.0. The molecule has 1 aromatic carbocycles. The summed E-state index contributed by atoms with van der Waals surface area (Å²) in [7, 11) is 5.21. The second-order valence-electron chi connectivity index (χ2n) is 8.09. The first-order valence-corrected chi connectivity index (χ1v) is 9.84. The highest BCUT2D eigenvalue weighted by Gasteiger charge is 2.39. The van der Waals surface area contributed by atoms with Crippen molar-refractivity contribution in [2.24, 2.45) is 16.8 Å². The summed E-state index contributed by atoms with van der Waals surface area (Å²) >= 11 is 0. The number of aryl methyl sites for hydroxylation is 1. The number of carbonyl (C=O) groups is 1. The summed E-state index contributed by atoms with van der Waals surface area (Å²) < 4.78 is 5.36. The number of guanidine groups is 1. The number of nitrogens with one attached hydrogen (secondary N) is 2. The number of benzene rings is 1. The minimum Gasteiger partial charge on any atom is -0.497 e. The monoisotopic (exact) mass is 372 g/mol. The average Bonchev–Trinajstić information content (AvgIpc) is 3.26. The largest absolute Gasteiger partial charge is 0.497 e. The van der Waals surface area contributed by atoms with Gasteiger partial charge in [-0.2, -0.15) is 0 Å². The van der Waals surface area contributed by atoms with Crippen molar-refractivity contribution < 1.29 is 9.53 Å². The normalized spacial score (nSPS) is 24.0. The molecule has 1 amide bonds. The highest BCUT2D eigenvalue weighted by Crippen LogP contribution is 2.44. The summed E-state index contributed by atoms with van der Waals surface area (Å²) in [6.45, 7) is 2.85. The maximum Gasteiger partial charge on any atom is 0.241 e. The number of amides is 1. The molecule has 1 aromatic rings. The topological polar surface area (TPSA) is 66.0 Å². The van der Waals surface area contributed by atoms with E-state index in [1.165, 1.54) is 25.7 Å². The maximum absolute atomic E-state index is 12.0. The fourth-order valence-electron chi connectivity index (χ4n) is 4.27. The Hall–Kier alpha value is -2.24. The van der Waals surface area contributed by atoms with Crippen molar-refractivity contribution in [1.82, 2.24) is 15.5 Å². The smallest absolute Gasteiger partial charge is 0.241 e. The number of aliphatic imine (C=N–C) groups is 1. The third kappa shape index (κ3) is 5.15. The number of nitrogens with zero attached hydrogens (tertiary/aromatic N) is 2. The van der Waals surface area contributed by atoms with Crippen LogP contribution < -0.4 is 15.4 Å². The quantitative estimate of drug-likeness (QED) is 0.594. The van der Waals surface area contributed by atoms with Crippen molar-refractivity contribution in [3.63, 3.8) is 0 Å². The zero-order valence-corrected chi connectivity index (χ0v) is 16.9. The lowest BCUT2D eigenvalue weighted by molar-refractivity contribution is -0.127. The third-order valence-electron chi connectivity index (χ3n) is 5.73. The van der Waals surface area contributed by atoms with Gasteiger partial charge in [-0.15, -0.1) is 0 Å². The second kappa shape index (κ2) is 8.63. The summed E-state index contributed by atoms with van der Waals surface area (Å²) in [5, 5.41) is 6.81. The van der Waals surface area contributed by atoms with Gasteiger partial charge in [-0.05, 0) is 61.3 Å². The number of likely N-dealkylation sites (N-methyl/N-ethyl adjacent to an activating group) is 1. The number of rotatable bonds is 6. The average molecular weight is 373 g/mol. The van der Waals surface area contributed by atoms with Crippen LogP contribution in [0, 0.1) is 18.8 Å². The van der Waals surface area contributed by atoms with Crippen molar-refractivity contribution in [3.05, 3.63) is 29.3 Å². The molecule has 2 bridgehead atoms. The lowest BCUT2D eigenvalue weighted by Crippen LogP contribution is -2.48. The van der Waals surface area contributed by atoms with E-state index in [2.05, 4.69) is 23.6 Å². The Morgan fingerprint density at radius 1 is 1.26 bits per heavy atom. The highest BCUT2D eigenvalue weighted by molar-refractivity contribution is 5.86. The molecule has 2 N–H and O–H groups in total. The molecule has 0 heterocycles. The predicted octanol–water partition coefficient (Wildman–Crippen LogP) is 2.32.